The molecular formula is C8H16N2. The first-order valence-corrected chi connectivity index (χ1v) is 4.40. The van der Waals surface area contributed by atoms with Crippen molar-refractivity contribution in [3.8, 4) is 0 Å². The fourth-order valence-electron chi connectivity index (χ4n) is 2.30. The van der Waals surface area contributed by atoms with Gasteiger partial charge in [-0.05, 0) is 12.8 Å². The Morgan fingerprint density at radius 3 is 2.10 bits per heavy atom. The fraction of sp³-hybridized carbons (Fsp3) is 1.00. The topological polar surface area (TPSA) is 6.48 Å². The average molecular weight is 140 g/mol. The number of hydrogen-bond donors (Lipinski definition) is 0. The molecule has 2 unspecified atom stereocenters. The summed E-state index contributed by atoms with van der Waals surface area (Å²) in [5, 5.41) is 0. The molecule has 0 amide bonds. The zero-order valence-corrected chi connectivity index (χ0v) is 6.71. The summed E-state index contributed by atoms with van der Waals surface area (Å²) in [7, 11) is 0. The molecule has 0 N–H and O–H groups in total. The predicted molar refractivity (Wildman–Crippen MR) is 41.8 cm³/mol. The zero-order valence-electron chi connectivity index (χ0n) is 6.71. The monoisotopic (exact) mass is 140 g/mol. The van der Waals surface area contributed by atoms with E-state index in [1.807, 2.05) is 0 Å². The minimum absolute atomic E-state index is 0.800. The molecule has 0 spiro atoms. The van der Waals surface area contributed by atoms with E-state index in [1.54, 1.807) is 0 Å². The van der Waals surface area contributed by atoms with E-state index in [4.69, 9.17) is 0 Å². The Bertz CT molecular complexity index is 108. The van der Waals surface area contributed by atoms with Gasteiger partial charge < -0.3 is 0 Å². The lowest BCUT2D eigenvalue weighted by molar-refractivity contribution is 0.0895. The molecule has 2 aliphatic heterocycles. The zero-order chi connectivity index (χ0) is 6.97. The third kappa shape index (κ3) is 0.867. The Labute approximate surface area is 62.8 Å². The van der Waals surface area contributed by atoms with Crippen molar-refractivity contribution in [3.63, 3.8) is 0 Å². The quantitative estimate of drug-likeness (QED) is 0.530. The van der Waals surface area contributed by atoms with Gasteiger partial charge in [-0.2, -0.15) is 0 Å². The van der Waals surface area contributed by atoms with E-state index in [0.717, 1.165) is 6.17 Å². The van der Waals surface area contributed by atoms with Crippen molar-refractivity contribution >= 4 is 0 Å². The summed E-state index contributed by atoms with van der Waals surface area (Å²) in [5.41, 5.74) is 0. The van der Waals surface area contributed by atoms with Gasteiger partial charge in [0.2, 0.25) is 0 Å². The molecule has 2 rings (SSSR count). The smallest absolute Gasteiger partial charge is 0.0620 e. The number of nitrogens with zero attached hydrogens (tertiary/aromatic N) is 2. The lowest BCUT2D eigenvalue weighted by Gasteiger charge is -2.34. The molecule has 0 aliphatic carbocycles. The molecule has 0 radical (unpaired) electrons. The molecule has 0 saturated carbocycles. The van der Waals surface area contributed by atoms with E-state index in [-0.39, 0.29) is 0 Å². The third-order valence-corrected chi connectivity index (χ3v) is 2.77. The van der Waals surface area contributed by atoms with E-state index in [1.165, 1.54) is 39.0 Å². The van der Waals surface area contributed by atoms with Crippen LogP contribution >= 0.6 is 0 Å². The Kier molecular flexibility index (Phi) is 1.66. The van der Waals surface area contributed by atoms with Gasteiger partial charge in [0, 0.05) is 26.2 Å². The van der Waals surface area contributed by atoms with E-state index < -0.39 is 0 Å². The molecule has 2 bridgehead atoms. The molecule has 2 saturated heterocycles. The minimum atomic E-state index is 0.800. The average Bonchev–Trinajstić information content (AvgIpc) is 2.19. The Hall–Kier alpha value is -0.0800. The molecule has 0 aromatic heterocycles. The maximum Gasteiger partial charge on any atom is 0.0620 e. The molecule has 2 heteroatoms. The van der Waals surface area contributed by atoms with Crippen molar-refractivity contribution in [1.82, 2.24) is 9.80 Å². The summed E-state index contributed by atoms with van der Waals surface area (Å²) in [5.74, 6) is 0. The second-order valence-electron chi connectivity index (χ2n) is 3.31. The van der Waals surface area contributed by atoms with Crippen LogP contribution in [-0.2, 0) is 0 Å². The van der Waals surface area contributed by atoms with Crippen LogP contribution in [0, 0.1) is 0 Å². The van der Waals surface area contributed by atoms with E-state index >= 15 is 0 Å². The van der Waals surface area contributed by atoms with Crippen LogP contribution in [0.3, 0.4) is 0 Å². The highest BCUT2D eigenvalue weighted by molar-refractivity contribution is 4.84. The highest BCUT2D eigenvalue weighted by Crippen LogP contribution is 2.21. The highest BCUT2D eigenvalue weighted by Gasteiger charge is 2.32. The molecule has 10 heavy (non-hydrogen) atoms. The van der Waals surface area contributed by atoms with Gasteiger partial charge >= 0.3 is 0 Å². The summed E-state index contributed by atoms with van der Waals surface area (Å²) in [4.78, 5) is 5.23. The van der Waals surface area contributed by atoms with Crippen molar-refractivity contribution in [2.75, 3.05) is 26.2 Å². The molecule has 0 aromatic carbocycles. The molecule has 0 aromatic rings. The van der Waals surface area contributed by atoms with Crippen molar-refractivity contribution in [2.45, 2.75) is 25.9 Å². The number of rotatable bonds is 1. The van der Waals surface area contributed by atoms with Crippen molar-refractivity contribution in [3.05, 3.63) is 0 Å². The molecule has 2 aliphatic rings. The largest absolute Gasteiger partial charge is 0.287 e. The molecule has 2 atom stereocenters. The first-order valence-electron chi connectivity index (χ1n) is 4.40. The molecular weight excluding hydrogens is 124 g/mol. The van der Waals surface area contributed by atoms with Gasteiger partial charge in [-0.1, -0.05) is 6.92 Å². The minimum Gasteiger partial charge on any atom is -0.287 e. The number of hydrogen-bond acceptors (Lipinski definition) is 2. The maximum absolute atomic E-state index is 2.61. The van der Waals surface area contributed by atoms with Gasteiger partial charge in [0.1, 0.15) is 0 Å². The predicted octanol–water partition coefficient (Wildman–Crippen LogP) is 0.744. The van der Waals surface area contributed by atoms with Crippen molar-refractivity contribution in [1.29, 1.82) is 0 Å². The SMILES string of the molecule is CCC1N2CCCN1CC2. The highest BCUT2D eigenvalue weighted by atomic mass is 15.4. The van der Waals surface area contributed by atoms with Crippen molar-refractivity contribution < 1.29 is 0 Å². The molecule has 2 fully saturated rings. The van der Waals surface area contributed by atoms with Crippen LogP contribution in [0.1, 0.15) is 19.8 Å². The second-order valence-corrected chi connectivity index (χ2v) is 3.31. The molecule has 58 valence electrons. The second kappa shape index (κ2) is 2.51. The Balaban J connectivity index is 2.06. The third-order valence-electron chi connectivity index (χ3n) is 2.77. The van der Waals surface area contributed by atoms with Crippen LogP contribution in [0.5, 0.6) is 0 Å². The Morgan fingerprint density at radius 2 is 1.70 bits per heavy atom. The van der Waals surface area contributed by atoms with E-state index in [0.29, 0.717) is 0 Å². The van der Waals surface area contributed by atoms with Gasteiger partial charge in [0.05, 0.1) is 6.17 Å². The van der Waals surface area contributed by atoms with Crippen molar-refractivity contribution in [2.24, 2.45) is 0 Å². The summed E-state index contributed by atoms with van der Waals surface area (Å²) in [6.45, 7) is 7.61. The van der Waals surface area contributed by atoms with Gasteiger partial charge in [0.15, 0.2) is 0 Å². The maximum atomic E-state index is 2.61. The van der Waals surface area contributed by atoms with Crippen LogP contribution in [0.25, 0.3) is 0 Å². The van der Waals surface area contributed by atoms with Gasteiger partial charge in [0.25, 0.3) is 0 Å². The van der Waals surface area contributed by atoms with Crippen LogP contribution in [-0.4, -0.2) is 42.1 Å². The molecule has 2 nitrogen and oxygen atoms in total. The summed E-state index contributed by atoms with van der Waals surface area (Å²) < 4.78 is 0. The lowest BCUT2D eigenvalue weighted by atomic mass is 10.2. The summed E-state index contributed by atoms with van der Waals surface area (Å²) in [6, 6.07) is 0. The first kappa shape index (κ1) is 6.62. The normalized spacial score (nSPS) is 45.9. The van der Waals surface area contributed by atoms with E-state index in [2.05, 4.69) is 16.7 Å². The summed E-state index contributed by atoms with van der Waals surface area (Å²) in [6.07, 6.45) is 3.49. The number of fused-ring (bicyclic) bond motifs is 2. The fourth-order valence-corrected chi connectivity index (χ4v) is 2.30. The Morgan fingerprint density at radius 1 is 1.10 bits per heavy atom. The molecule has 2 heterocycles. The van der Waals surface area contributed by atoms with E-state index in [9.17, 15) is 0 Å². The van der Waals surface area contributed by atoms with Gasteiger partial charge in [-0.25, -0.2) is 0 Å². The lowest BCUT2D eigenvalue weighted by Crippen LogP contribution is -2.44. The van der Waals surface area contributed by atoms with Crippen LogP contribution in [0.15, 0.2) is 0 Å². The van der Waals surface area contributed by atoms with Crippen LogP contribution < -0.4 is 0 Å². The first-order chi connectivity index (χ1) is 4.92. The van der Waals surface area contributed by atoms with Gasteiger partial charge in [-0.15, -0.1) is 0 Å². The summed E-state index contributed by atoms with van der Waals surface area (Å²) >= 11 is 0. The van der Waals surface area contributed by atoms with Crippen LogP contribution in [0.2, 0.25) is 0 Å². The van der Waals surface area contributed by atoms with Gasteiger partial charge in [-0.3, -0.25) is 9.80 Å². The van der Waals surface area contributed by atoms with Crippen LogP contribution in [0.4, 0.5) is 0 Å². The standard InChI is InChI=1S/C8H16N2/c1-2-8-9-4-3-5-10(8)7-6-9/h8H,2-7H2,1H3.